The maximum Gasteiger partial charge on any atom is 0.310 e. The molecule has 1 aromatic rings. The third-order valence-corrected chi connectivity index (χ3v) is 3.90. The Morgan fingerprint density at radius 3 is 2.71 bits per heavy atom. The SMILES string of the molecule is CCc1cc(CC(C)(C(=O)O)C2CC2)n(C)n1. The highest BCUT2D eigenvalue weighted by Gasteiger charge is 2.47. The van der Waals surface area contributed by atoms with Crippen molar-refractivity contribution in [1.29, 1.82) is 0 Å². The lowest BCUT2D eigenvalue weighted by Crippen LogP contribution is -2.33. The van der Waals surface area contributed by atoms with Crippen molar-refractivity contribution >= 4 is 5.97 Å². The first-order valence-corrected chi connectivity index (χ1v) is 6.22. The van der Waals surface area contributed by atoms with Gasteiger partial charge in [0.25, 0.3) is 0 Å². The molecule has 0 spiro atoms. The quantitative estimate of drug-likeness (QED) is 0.851. The minimum atomic E-state index is -0.681. The smallest absolute Gasteiger partial charge is 0.310 e. The van der Waals surface area contributed by atoms with Gasteiger partial charge in [0, 0.05) is 19.2 Å². The second-order valence-electron chi connectivity index (χ2n) is 5.28. The van der Waals surface area contributed by atoms with Gasteiger partial charge in [0.15, 0.2) is 0 Å². The normalized spacial score (nSPS) is 19.0. The number of rotatable bonds is 5. The van der Waals surface area contributed by atoms with E-state index in [0.717, 1.165) is 30.7 Å². The standard InChI is InChI=1S/C13H20N2O2/c1-4-10-7-11(15(3)14-10)8-13(2,12(16)17)9-5-6-9/h7,9H,4-6,8H2,1-3H3,(H,16,17). The first-order valence-electron chi connectivity index (χ1n) is 6.22. The minimum Gasteiger partial charge on any atom is -0.481 e. The molecule has 1 N–H and O–H groups in total. The van der Waals surface area contributed by atoms with Gasteiger partial charge < -0.3 is 5.11 Å². The minimum absolute atomic E-state index is 0.333. The summed E-state index contributed by atoms with van der Waals surface area (Å²) in [4.78, 5) is 11.5. The molecule has 4 heteroatoms. The summed E-state index contributed by atoms with van der Waals surface area (Å²) in [6.45, 7) is 3.93. The van der Waals surface area contributed by atoms with Gasteiger partial charge >= 0.3 is 5.97 Å². The molecule has 1 heterocycles. The number of carboxylic acids is 1. The van der Waals surface area contributed by atoms with Crippen molar-refractivity contribution in [1.82, 2.24) is 9.78 Å². The molecule has 1 aliphatic rings. The summed E-state index contributed by atoms with van der Waals surface area (Å²) < 4.78 is 1.82. The Balaban J connectivity index is 2.22. The lowest BCUT2D eigenvalue weighted by Gasteiger charge is -2.24. The average molecular weight is 236 g/mol. The summed E-state index contributed by atoms with van der Waals surface area (Å²) in [5.74, 6) is -0.348. The Hall–Kier alpha value is -1.32. The fraction of sp³-hybridized carbons (Fsp3) is 0.692. The summed E-state index contributed by atoms with van der Waals surface area (Å²) in [5.41, 5.74) is 1.43. The molecule has 1 aliphatic carbocycles. The summed E-state index contributed by atoms with van der Waals surface area (Å²) in [6.07, 6.45) is 3.56. The zero-order valence-electron chi connectivity index (χ0n) is 10.7. The van der Waals surface area contributed by atoms with Crippen LogP contribution in [0.1, 0.15) is 38.1 Å². The number of aryl methyl sites for hydroxylation is 2. The number of aliphatic carboxylic acids is 1. The zero-order chi connectivity index (χ0) is 12.6. The zero-order valence-corrected chi connectivity index (χ0v) is 10.7. The van der Waals surface area contributed by atoms with Gasteiger partial charge in [0.2, 0.25) is 0 Å². The molecule has 0 radical (unpaired) electrons. The highest BCUT2D eigenvalue weighted by Crippen LogP contribution is 2.47. The molecule has 4 nitrogen and oxygen atoms in total. The monoisotopic (exact) mass is 236 g/mol. The molecule has 94 valence electrons. The molecule has 1 aromatic heterocycles. The van der Waals surface area contributed by atoms with Crippen LogP contribution >= 0.6 is 0 Å². The van der Waals surface area contributed by atoms with E-state index < -0.39 is 11.4 Å². The fourth-order valence-corrected chi connectivity index (χ4v) is 2.40. The van der Waals surface area contributed by atoms with E-state index in [1.54, 1.807) is 0 Å². The molecular weight excluding hydrogens is 216 g/mol. The topological polar surface area (TPSA) is 55.1 Å². The van der Waals surface area contributed by atoms with Crippen molar-refractivity contribution in [2.45, 2.75) is 39.5 Å². The van der Waals surface area contributed by atoms with Gasteiger partial charge in [-0.05, 0) is 38.2 Å². The highest BCUT2D eigenvalue weighted by atomic mass is 16.4. The maximum absolute atomic E-state index is 11.5. The van der Waals surface area contributed by atoms with Crippen LogP contribution in [-0.2, 0) is 24.7 Å². The summed E-state index contributed by atoms with van der Waals surface area (Å²) in [5, 5.41) is 13.8. The molecule has 1 atom stereocenters. The van der Waals surface area contributed by atoms with Crippen molar-refractivity contribution in [3.05, 3.63) is 17.5 Å². The maximum atomic E-state index is 11.5. The van der Waals surface area contributed by atoms with Gasteiger partial charge in [-0.3, -0.25) is 9.48 Å². The lowest BCUT2D eigenvalue weighted by molar-refractivity contribution is -0.149. The number of hydrogen-bond acceptors (Lipinski definition) is 2. The van der Waals surface area contributed by atoms with Gasteiger partial charge in [0.05, 0.1) is 11.1 Å². The first kappa shape index (κ1) is 12.1. The van der Waals surface area contributed by atoms with Crippen LogP contribution in [0.5, 0.6) is 0 Å². The summed E-state index contributed by atoms with van der Waals surface area (Å²) in [6, 6.07) is 2.03. The van der Waals surface area contributed by atoms with Gasteiger partial charge in [-0.1, -0.05) is 6.92 Å². The van der Waals surface area contributed by atoms with Crippen LogP contribution in [0.25, 0.3) is 0 Å². The van der Waals surface area contributed by atoms with E-state index in [2.05, 4.69) is 12.0 Å². The largest absolute Gasteiger partial charge is 0.481 e. The van der Waals surface area contributed by atoms with E-state index in [-0.39, 0.29) is 0 Å². The van der Waals surface area contributed by atoms with E-state index >= 15 is 0 Å². The molecule has 0 bridgehead atoms. The Morgan fingerprint density at radius 1 is 1.65 bits per heavy atom. The van der Waals surface area contributed by atoms with Crippen LogP contribution in [-0.4, -0.2) is 20.9 Å². The molecule has 1 unspecified atom stereocenters. The van der Waals surface area contributed by atoms with Crippen LogP contribution in [0.4, 0.5) is 0 Å². The summed E-state index contributed by atoms with van der Waals surface area (Å²) >= 11 is 0. The number of carboxylic acid groups (broad SMARTS) is 1. The Bertz CT molecular complexity index is 435. The molecule has 1 fully saturated rings. The first-order chi connectivity index (χ1) is 7.97. The van der Waals surface area contributed by atoms with Crippen LogP contribution in [0, 0.1) is 11.3 Å². The Morgan fingerprint density at radius 2 is 2.29 bits per heavy atom. The average Bonchev–Trinajstić information content (AvgIpc) is 3.06. The van der Waals surface area contributed by atoms with E-state index in [0.29, 0.717) is 12.3 Å². The molecule has 0 saturated heterocycles. The fourth-order valence-electron chi connectivity index (χ4n) is 2.40. The molecule has 0 amide bonds. The van der Waals surface area contributed by atoms with Crippen LogP contribution in [0.15, 0.2) is 6.07 Å². The van der Waals surface area contributed by atoms with Crippen molar-refractivity contribution < 1.29 is 9.90 Å². The third kappa shape index (κ3) is 2.21. The second-order valence-corrected chi connectivity index (χ2v) is 5.28. The van der Waals surface area contributed by atoms with Gasteiger partial charge in [-0.25, -0.2) is 0 Å². The van der Waals surface area contributed by atoms with Crippen molar-refractivity contribution in [2.75, 3.05) is 0 Å². The van der Waals surface area contributed by atoms with Crippen molar-refractivity contribution in [3.8, 4) is 0 Å². The predicted octanol–water partition coefficient (Wildman–Crippen LogP) is 2.03. The summed E-state index contributed by atoms with van der Waals surface area (Å²) in [7, 11) is 1.89. The number of carbonyl (C=O) groups is 1. The van der Waals surface area contributed by atoms with E-state index in [9.17, 15) is 9.90 Å². The van der Waals surface area contributed by atoms with E-state index in [1.807, 2.05) is 24.7 Å². The lowest BCUT2D eigenvalue weighted by atomic mass is 9.80. The van der Waals surface area contributed by atoms with Gasteiger partial charge in [-0.15, -0.1) is 0 Å². The van der Waals surface area contributed by atoms with E-state index in [1.165, 1.54) is 0 Å². The second kappa shape index (κ2) is 4.17. The Labute approximate surface area is 102 Å². The molecule has 17 heavy (non-hydrogen) atoms. The predicted molar refractivity (Wildman–Crippen MR) is 64.8 cm³/mol. The highest BCUT2D eigenvalue weighted by molar-refractivity contribution is 5.75. The van der Waals surface area contributed by atoms with Crippen molar-refractivity contribution in [3.63, 3.8) is 0 Å². The molecule has 0 aromatic carbocycles. The Kier molecular flexibility index (Phi) is 2.98. The van der Waals surface area contributed by atoms with E-state index in [4.69, 9.17) is 0 Å². The number of nitrogens with zero attached hydrogens (tertiary/aromatic N) is 2. The molecule has 2 rings (SSSR count). The number of aromatic nitrogens is 2. The molecule has 1 saturated carbocycles. The van der Waals surface area contributed by atoms with Crippen LogP contribution < -0.4 is 0 Å². The van der Waals surface area contributed by atoms with Gasteiger partial charge in [0.1, 0.15) is 0 Å². The van der Waals surface area contributed by atoms with Crippen LogP contribution in [0.2, 0.25) is 0 Å². The third-order valence-electron chi connectivity index (χ3n) is 3.90. The van der Waals surface area contributed by atoms with Crippen molar-refractivity contribution in [2.24, 2.45) is 18.4 Å². The number of hydrogen-bond donors (Lipinski definition) is 1. The van der Waals surface area contributed by atoms with Crippen LogP contribution in [0.3, 0.4) is 0 Å². The molecule has 0 aliphatic heterocycles. The van der Waals surface area contributed by atoms with Gasteiger partial charge in [-0.2, -0.15) is 5.10 Å². The molecular formula is C13H20N2O2.